The van der Waals surface area contributed by atoms with Crippen molar-refractivity contribution in [3.8, 4) is 10.7 Å². The summed E-state index contributed by atoms with van der Waals surface area (Å²) in [5.74, 6) is 0.706. The maximum absolute atomic E-state index is 12.1. The lowest BCUT2D eigenvalue weighted by molar-refractivity contribution is 0.219. The van der Waals surface area contributed by atoms with Crippen LogP contribution in [0.3, 0.4) is 0 Å². The predicted octanol–water partition coefficient (Wildman–Crippen LogP) is 2.56. The van der Waals surface area contributed by atoms with E-state index in [0.29, 0.717) is 28.1 Å². The zero-order chi connectivity index (χ0) is 16.2. The average molecular weight is 330 g/mol. The second kappa shape index (κ2) is 6.53. The van der Waals surface area contributed by atoms with E-state index in [1.807, 2.05) is 18.2 Å². The molecule has 0 spiro atoms. The van der Waals surface area contributed by atoms with Crippen LogP contribution >= 0.6 is 11.3 Å². The van der Waals surface area contributed by atoms with Gasteiger partial charge in [0.1, 0.15) is 17.1 Å². The highest BCUT2D eigenvalue weighted by Gasteiger charge is 2.15. The molecule has 3 aromatic rings. The molecule has 118 valence electrons. The quantitative estimate of drug-likeness (QED) is 0.789. The van der Waals surface area contributed by atoms with Crippen LogP contribution in [0.4, 0.5) is 9.93 Å². The molecule has 0 aromatic carbocycles. The average Bonchev–Trinajstić information content (AvgIpc) is 3.17. The third kappa shape index (κ3) is 3.69. The van der Waals surface area contributed by atoms with Crippen molar-refractivity contribution in [2.45, 2.75) is 13.5 Å². The number of aryl methyl sites for hydroxylation is 1. The Balaban J connectivity index is 1.63. The molecule has 1 N–H and O–H groups in total. The van der Waals surface area contributed by atoms with Gasteiger partial charge in [-0.3, -0.25) is 10.3 Å². The van der Waals surface area contributed by atoms with E-state index in [1.54, 1.807) is 26.2 Å². The molecule has 0 fully saturated rings. The van der Waals surface area contributed by atoms with Crippen molar-refractivity contribution < 1.29 is 9.32 Å². The number of nitrogens with zero attached hydrogens (tertiary/aromatic N) is 5. The van der Waals surface area contributed by atoms with Gasteiger partial charge in [0.2, 0.25) is 5.13 Å². The molecule has 23 heavy (non-hydrogen) atoms. The summed E-state index contributed by atoms with van der Waals surface area (Å²) in [5, 5.41) is 15.6. The Morgan fingerprint density at radius 1 is 1.39 bits per heavy atom. The number of rotatable bonds is 4. The van der Waals surface area contributed by atoms with Gasteiger partial charge < -0.3 is 9.42 Å². The number of anilines is 1. The Kier molecular flexibility index (Phi) is 4.29. The smallest absolute Gasteiger partial charge is 0.323 e. The summed E-state index contributed by atoms with van der Waals surface area (Å²) in [4.78, 5) is 17.8. The Morgan fingerprint density at radius 3 is 2.96 bits per heavy atom. The van der Waals surface area contributed by atoms with E-state index in [1.165, 1.54) is 16.2 Å². The van der Waals surface area contributed by atoms with Crippen molar-refractivity contribution in [2.24, 2.45) is 0 Å². The van der Waals surface area contributed by atoms with Crippen LogP contribution in [-0.4, -0.2) is 38.3 Å². The zero-order valence-corrected chi connectivity index (χ0v) is 13.4. The highest BCUT2D eigenvalue weighted by atomic mass is 32.1. The molecule has 3 rings (SSSR count). The van der Waals surface area contributed by atoms with Gasteiger partial charge in [-0.15, -0.1) is 10.2 Å². The van der Waals surface area contributed by atoms with Gasteiger partial charge in [0.05, 0.1) is 6.54 Å². The summed E-state index contributed by atoms with van der Waals surface area (Å²) >= 11 is 1.26. The fourth-order valence-electron chi connectivity index (χ4n) is 1.86. The molecule has 0 aliphatic carbocycles. The van der Waals surface area contributed by atoms with Gasteiger partial charge in [0.15, 0.2) is 5.01 Å². The molecular formula is C14H14N6O2S. The van der Waals surface area contributed by atoms with Crippen LogP contribution in [0.15, 0.2) is 35.0 Å². The summed E-state index contributed by atoms with van der Waals surface area (Å²) in [6.07, 6.45) is 1.68. The van der Waals surface area contributed by atoms with Crippen molar-refractivity contribution >= 4 is 22.5 Å². The van der Waals surface area contributed by atoms with Crippen molar-refractivity contribution in [1.29, 1.82) is 0 Å². The summed E-state index contributed by atoms with van der Waals surface area (Å²) in [5.41, 5.74) is 1.41. The summed E-state index contributed by atoms with van der Waals surface area (Å²) in [6.45, 7) is 2.14. The normalized spacial score (nSPS) is 10.5. The fraction of sp³-hybridized carbons (Fsp3) is 0.214. The van der Waals surface area contributed by atoms with Crippen LogP contribution in [0.5, 0.6) is 0 Å². The van der Waals surface area contributed by atoms with Crippen LogP contribution in [0.25, 0.3) is 10.7 Å². The lowest BCUT2D eigenvalue weighted by Crippen LogP contribution is -2.30. The number of carbonyl (C=O) groups excluding carboxylic acids is 1. The Morgan fingerprint density at radius 2 is 2.26 bits per heavy atom. The van der Waals surface area contributed by atoms with E-state index >= 15 is 0 Å². The van der Waals surface area contributed by atoms with Crippen LogP contribution in [0.1, 0.15) is 11.5 Å². The van der Waals surface area contributed by atoms with Gasteiger partial charge in [0, 0.05) is 19.3 Å². The minimum Gasteiger partial charge on any atom is -0.361 e. The number of pyridine rings is 1. The highest BCUT2D eigenvalue weighted by molar-refractivity contribution is 7.18. The van der Waals surface area contributed by atoms with Gasteiger partial charge in [-0.2, -0.15) is 0 Å². The van der Waals surface area contributed by atoms with Crippen molar-refractivity contribution in [3.05, 3.63) is 41.9 Å². The maximum atomic E-state index is 12.1. The zero-order valence-electron chi connectivity index (χ0n) is 12.6. The number of aromatic nitrogens is 4. The predicted molar refractivity (Wildman–Crippen MR) is 84.9 cm³/mol. The van der Waals surface area contributed by atoms with E-state index in [4.69, 9.17) is 4.52 Å². The van der Waals surface area contributed by atoms with Gasteiger partial charge in [-0.05, 0) is 19.1 Å². The molecule has 9 heteroatoms. The molecule has 0 saturated heterocycles. The first-order valence-electron chi connectivity index (χ1n) is 6.81. The Labute approximate surface area is 136 Å². The monoisotopic (exact) mass is 330 g/mol. The topological polar surface area (TPSA) is 97.0 Å². The minimum absolute atomic E-state index is 0.297. The maximum Gasteiger partial charge on any atom is 0.323 e. The van der Waals surface area contributed by atoms with Gasteiger partial charge >= 0.3 is 6.03 Å². The summed E-state index contributed by atoms with van der Waals surface area (Å²) < 4.78 is 4.98. The number of hydrogen-bond acceptors (Lipinski definition) is 7. The van der Waals surface area contributed by atoms with E-state index < -0.39 is 0 Å². The number of nitrogens with one attached hydrogen (secondary N) is 1. The fourth-order valence-corrected chi connectivity index (χ4v) is 2.57. The first-order chi connectivity index (χ1) is 11.1. The third-order valence-electron chi connectivity index (χ3n) is 2.95. The van der Waals surface area contributed by atoms with Gasteiger partial charge in [-0.1, -0.05) is 22.6 Å². The highest BCUT2D eigenvalue weighted by Crippen LogP contribution is 2.24. The second-order valence-corrected chi connectivity index (χ2v) is 5.82. The van der Waals surface area contributed by atoms with Crippen molar-refractivity contribution in [2.75, 3.05) is 12.4 Å². The van der Waals surface area contributed by atoms with E-state index in [0.717, 1.165) is 5.69 Å². The molecule has 3 aromatic heterocycles. The number of hydrogen-bond donors (Lipinski definition) is 1. The first-order valence-corrected chi connectivity index (χ1v) is 7.62. The lowest BCUT2D eigenvalue weighted by atomic mass is 10.3. The molecule has 0 radical (unpaired) electrons. The Bertz CT molecular complexity index is 800. The van der Waals surface area contributed by atoms with Crippen LogP contribution in [-0.2, 0) is 6.54 Å². The first kappa shape index (κ1) is 15.1. The van der Waals surface area contributed by atoms with Crippen LogP contribution in [0.2, 0.25) is 0 Å². The molecule has 0 saturated carbocycles. The van der Waals surface area contributed by atoms with Crippen LogP contribution in [0, 0.1) is 6.92 Å². The molecule has 8 nitrogen and oxygen atoms in total. The van der Waals surface area contributed by atoms with Gasteiger partial charge in [0.25, 0.3) is 0 Å². The van der Waals surface area contributed by atoms with E-state index in [-0.39, 0.29) is 6.03 Å². The standard InChI is InChI=1S/C14H14N6O2S/c1-9-7-10(19-22-9)8-20(2)14(21)16-13-18-17-12(23-13)11-5-3-4-6-15-11/h3-7H,8H2,1-2H3,(H,16,18,21). The molecule has 0 aliphatic rings. The van der Waals surface area contributed by atoms with Gasteiger partial charge in [-0.25, -0.2) is 4.79 Å². The molecule has 3 heterocycles. The van der Waals surface area contributed by atoms with Crippen LogP contribution < -0.4 is 5.32 Å². The van der Waals surface area contributed by atoms with Crippen molar-refractivity contribution in [1.82, 2.24) is 25.2 Å². The molecular weight excluding hydrogens is 316 g/mol. The molecule has 2 amide bonds. The number of urea groups is 1. The second-order valence-electron chi connectivity index (χ2n) is 4.84. The summed E-state index contributed by atoms with van der Waals surface area (Å²) in [6, 6.07) is 7.03. The molecule has 0 unspecified atom stereocenters. The lowest BCUT2D eigenvalue weighted by Gasteiger charge is -2.14. The Hall–Kier alpha value is -2.81. The molecule has 0 aliphatic heterocycles. The van der Waals surface area contributed by atoms with E-state index in [9.17, 15) is 4.79 Å². The minimum atomic E-state index is -0.297. The number of carbonyl (C=O) groups is 1. The largest absolute Gasteiger partial charge is 0.361 e. The number of amides is 2. The SMILES string of the molecule is Cc1cc(CN(C)C(=O)Nc2nnc(-c3ccccn3)s2)no1. The summed E-state index contributed by atoms with van der Waals surface area (Å²) in [7, 11) is 1.67. The van der Waals surface area contributed by atoms with Crippen molar-refractivity contribution in [3.63, 3.8) is 0 Å². The third-order valence-corrected chi connectivity index (χ3v) is 3.81. The van der Waals surface area contributed by atoms with E-state index in [2.05, 4.69) is 25.7 Å². The molecule has 0 bridgehead atoms. The molecule has 0 atom stereocenters.